The predicted octanol–water partition coefficient (Wildman–Crippen LogP) is 4.03. The lowest BCUT2D eigenvalue weighted by Crippen LogP contribution is -2.17. The van der Waals surface area contributed by atoms with Crippen LogP contribution in [-0.4, -0.2) is 18.4 Å². The molecule has 0 amide bonds. The topological polar surface area (TPSA) is 91.9 Å². The summed E-state index contributed by atoms with van der Waals surface area (Å²) in [5.74, 6) is 0.411. The Balaban J connectivity index is 2.04. The minimum atomic E-state index is -3.78. The normalized spacial score (nSPS) is 11.5. The molecule has 0 bridgehead atoms. The van der Waals surface area contributed by atoms with Crippen LogP contribution in [0.3, 0.4) is 0 Å². The predicted molar refractivity (Wildman–Crippen MR) is 116 cm³/mol. The average molecular weight is 412 g/mol. The van der Waals surface area contributed by atoms with E-state index >= 15 is 0 Å². The number of anilines is 1. The van der Waals surface area contributed by atoms with Crippen molar-refractivity contribution in [2.45, 2.75) is 45.9 Å². The summed E-state index contributed by atoms with van der Waals surface area (Å²) in [7, 11) is -3.78. The molecule has 0 aliphatic carbocycles. The van der Waals surface area contributed by atoms with Crippen molar-refractivity contribution in [3.8, 4) is 11.4 Å². The molecule has 3 aromatic rings. The van der Waals surface area contributed by atoms with Gasteiger partial charge >= 0.3 is 0 Å². The molecule has 2 aromatic carbocycles. The third-order valence-corrected chi connectivity index (χ3v) is 6.77. The van der Waals surface area contributed by atoms with Gasteiger partial charge in [-0.05, 0) is 68.5 Å². The van der Waals surface area contributed by atoms with Crippen molar-refractivity contribution in [1.29, 1.82) is 0 Å². The van der Waals surface area contributed by atoms with Gasteiger partial charge in [-0.15, -0.1) is 0 Å². The van der Waals surface area contributed by atoms with Crippen molar-refractivity contribution in [3.63, 3.8) is 0 Å². The Kier molecular flexibility index (Phi) is 5.61. The van der Waals surface area contributed by atoms with E-state index in [1.807, 2.05) is 40.7 Å². The first kappa shape index (κ1) is 20.8. The molecule has 1 heterocycles. The van der Waals surface area contributed by atoms with Crippen LogP contribution in [0.4, 0.5) is 5.69 Å². The van der Waals surface area contributed by atoms with Gasteiger partial charge in [0.1, 0.15) is 5.82 Å². The molecule has 0 atom stereocenters. The lowest BCUT2D eigenvalue weighted by atomic mass is 10.0. The first-order valence-electron chi connectivity index (χ1n) is 9.43. The monoisotopic (exact) mass is 411 g/mol. The maximum absolute atomic E-state index is 13.2. The molecule has 0 spiro atoms. The molecule has 2 N–H and O–H groups in total. The number of aromatic amines is 1. The molecule has 0 aliphatic heterocycles. The van der Waals surface area contributed by atoms with E-state index in [9.17, 15) is 13.2 Å². The van der Waals surface area contributed by atoms with Crippen LogP contribution in [0.25, 0.3) is 11.4 Å². The van der Waals surface area contributed by atoms with Gasteiger partial charge in [-0.3, -0.25) is 9.52 Å². The van der Waals surface area contributed by atoms with Gasteiger partial charge < -0.3 is 4.98 Å². The van der Waals surface area contributed by atoms with Crippen molar-refractivity contribution in [2.75, 3.05) is 4.72 Å². The smallest absolute Gasteiger partial charge is 0.262 e. The SMILES string of the molecule is CCc1cc(=O)[nH]c(-c2cccc(NS(=O)(=O)c3c(C)c(C)cc(C)c3C)c2)n1. The van der Waals surface area contributed by atoms with Crippen LogP contribution in [0.15, 0.2) is 46.1 Å². The Morgan fingerprint density at radius 3 is 2.28 bits per heavy atom. The number of H-pyrrole nitrogens is 1. The number of aromatic nitrogens is 2. The minimum Gasteiger partial charge on any atom is -0.307 e. The van der Waals surface area contributed by atoms with Crippen molar-refractivity contribution in [2.24, 2.45) is 0 Å². The third-order valence-electron chi connectivity index (χ3n) is 5.11. The van der Waals surface area contributed by atoms with E-state index in [4.69, 9.17) is 0 Å². The van der Waals surface area contributed by atoms with Crippen molar-refractivity contribution in [1.82, 2.24) is 9.97 Å². The first-order chi connectivity index (χ1) is 13.6. The second-order valence-corrected chi connectivity index (χ2v) is 8.83. The van der Waals surface area contributed by atoms with E-state index in [0.717, 1.165) is 22.3 Å². The number of nitrogens with one attached hydrogen (secondary N) is 2. The standard InChI is InChI=1S/C22H25N3O3S/c1-6-18-12-20(26)24-22(23-18)17-8-7-9-19(11-17)25-29(27,28)21-15(4)13(2)10-14(3)16(21)5/h7-12,25H,6H2,1-5H3,(H,23,24,26). The number of sulfonamides is 1. The number of benzene rings is 2. The maximum atomic E-state index is 13.2. The van der Waals surface area contributed by atoms with E-state index in [0.29, 0.717) is 34.1 Å². The molecule has 1 aromatic heterocycles. The van der Waals surface area contributed by atoms with Crippen LogP contribution in [0.1, 0.15) is 34.9 Å². The Morgan fingerprint density at radius 2 is 1.66 bits per heavy atom. The van der Waals surface area contributed by atoms with Crippen molar-refractivity contribution >= 4 is 15.7 Å². The van der Waals surface area contributed by atoms with E-state index in [2.05, 4.69) is 14.7 Å². The van der Waals surface area contributed by atoms with Crippen LogP contribution in [-0.2, 0) is 16.4 Å². The molecule has 6 nitrogen and oxygen atoms in total. The largest absolute Gasteiger partial charge is 0.307 e. The van der Waals surface area contributed by atoms with Gasteiger partial charge in [-0.2, -0.15) is 0 Å². The zero-order valence-electron chi connectivity index (χ0n) is 17.3. The van der Waals surface area contributed by atoms with Gasteiger partial charge in [-0.25, -0.2) is 13.4 Å². The zero-order chi connectivity index (χ0) is 21.3. The average Bonchev–Trinajstić information content (AvgIpc) is 2.65. The molecule has 3 rings (SSSR count). The van der Waals surface area contributed by atoms with Crippen LogP contribution < -0.4 is 10.3 Å². The molecule has 0 unspecified atom stereocenters. The van der Waals surface area contributed by atoms with Gasteiger partial charge in [0.25, 0.3) is 15.6 Å². The molecular weight excluding hydrogens is 386 g/mol. The van der Waals surface area contributed by atoms with Crippen LogP contribution >= 0.6 is 0 Å². The second kappa shape index (κ2) is 7.83. The van der Waals surface area contributed by atoms with Crippen LogP contribution in [0.2, 0.25) is 0 Å². The Labute approximate surface area is 171 Å². The molecule has 0 saturated heterocycles. The summed E-state index contributed by atoms with van der Waals surface area (Å²) in [6, 6.07) is 10.3. The highest BCUT2D eigenvalue weighted by molar-refractivity contribution is 7.92. The third kappa shape index (κ3) is 4.24. The van der Waals surface area contributed by atoms with Crippen LogP contribution in [0, 0.1) is 27.7 Å². The Bertz CT molecular complexity index is 1220. The fraction of sp³-hybridized carbons (Fsp3) is 0.273. The molecule has 0 saturated carbocycles. The fourth-order valence-electron chi connectivity index (χ4n) is 3.35. The molecule has 152 valence electrons. The lowest BCUT2D eigenvalue weighted by Gasteiger charge is -2.17. The van der Waals surface area contributed by atoms with Gasteiger partial charge in [-0.1, -0.05) is 25.1 Å². The highest BCUT2D eigenvalue weighted by Gasteiger charge is 2.22. The van der Waals surface area contributed by atoms with Crippen molar-refractivity contribution in [3.05, 3.63) is 74.7 Å². The summed E-state index contributed by atoms with van der Waals surface area (Å²) in [5.41, 5.74) is 4.81. The number of nitrogens with zero attached hydrogens (tertiary/aromatic N) is 1. The lowest BCUT2D eigenvalue weighted by molar-refractivity contribution is 0.599. The quantitative estimate of drug-likeness (QED) is 0.663. The highest BCUT2D eigenvalue weighted by atomic mass is 32.2. The maximum Gasteiger partial charge on any atom is 0.262 e. The minimum absolute atomic E-state index is 0.237. The van der Waals surface area contributed by atoms with Gasteiger partial charge in [0.2, 0.25) is 0 Å². The van der Waals surface area contributed by atoms with Crippen LogP contribution in [0.5, 0.6) is 0 Å². The summed E-state index contributed by atoms with van der Waals surface area (Å²) in [6.07, 6.45) is 0.633. The highest BCUT2D eigenvalue weighted by Crippen LogP contribution is 2.28. The first-order valence-corrected chi connectivity index (χ1v) is 10.9. The molecule has 29 heavy (non-hydrogen) atoms. The summed E-state index contributed by atoms with van der Waals surface area (Å²) < 4.78 is 29.0. The fourth-order valence-corrected chi connectivity index (χ4v) is 5.01. The molecular formula is C22H25N3O3S. The second-order valence-electron chi connectivity index (χ2n) is 7.21. The molecule has 7 heteroatoms. The van der Waals surface area contributed by atoms with E-state index in [1.54, 1.807) is 24.3 Å². The molecule has 0 radical (unpaired) electrons. The molecule has 0 fully saturated rings. The molecule has 0 aliphatic rings. The van der Waals surface area contributed by atoms with Gasteiger partial charge in [0.05, 0.1) is 4.90 Å². The van der Waals surface area contributed by atoms with E-state index in [-0.39, 0.29) is 5.56 Å². The van der Waals surface area contributed by atoms with Crippen molar-refractivity contribution < 1.29 is 8.42 Å². The summed E-state index contributed by atoms with van der Waals surface area (Å²) in [4.78, 5) is 19.3. The van der Waals surface area contributed by atoms with E-state index < -0.39 is 10.0 Å². The van der Waals surface area contributed by atoms with Gasteiger partial charge in [0.15, 0.2) is 0 Å². The number of rotatable bonds is 5. The zero-order valence-corrected chi connectivity index (χ0v) is 18.1. The number of hydrogen-bond donors (Lipinski definition) is 2. The van der Waals surface area contributed by atoms with E-state index in [1.165, 1.54) is 6.07 Å². The summed E-state index contributed by atoms with van der Waals surface area (Å²) >= 11 is 0. The van der Waals surface area contributed by atoms with Gasteiger partial charge in [0, 0.05) is 23.0 Å². The Hall–Kier alpha value is -2.93. The number of aryl methyl sites for hydroxylation is 3. The number of hydrogen-bond acceptors (Lipinski definition) is 4. The Morgan fingerprint density at radius 1 is 1.00 bits per heavy atom. The summed E-state index contributed by atoms with van der Waals surface area (Å²) in [6.45, 7) is 9.37. The summed E-state index contributed by atoms with van der Waals surface area (Å²) in [5, 5.41) is 0.